The molecule has 0 spiro atoms. The standard InChI is InChI=1S/C28H27NO6S/c30-19-10-8-17(9-11-19)24-14-23-25-22(26(31)29(27(25)32)15-21-7-4-12-36-21)13-18(28(23,33)35-24)16-34-20-5-2-1-3-6-20/h1-12,18,22-25,30,33H,13-16H2/t18-,22+,23+,24+,25+,28-/m1/s1. The summed E-state index contributed by atoms with van der Waals surface area (Å²) in [6.07, 6.45) is 0.238. The summed E-state index contributed by atoms with van der Waals surface area (Å²) in [5.74, 6) is -3.44. The minimum absolute atomic E-state index is 0.142. The number of hydrogen-bond acceptors (Lipinski definition) is 7. The molecule has 3 fully saturated rings. The lowest BCUT2D eigenvalue weighted by molar-refractivity contribution is -0.272. The second-order valence-electron chi connectivity index (χ2n) is 9.82. The molecule has 2 saturated heterocycles. The molecule has 6 atom stereocenters. The number of phenols is 1. The zero-order chi connectivity index (χ0) is 24.9. The van der Waals surface area contributed by atoms with Gasteiger partial charge in [-0.3, -0.25) is 14.5 Å². The van der Waals surface area contributed by atoms with E-state index >= 15 is 0 Å². The molecule has 1 aromatic heterocycles. The number of hydrogen-bond donors (Lipinski definition) is 2. The number of imide groups is 1. The third-order valence-electron chi connectivity index (χ3n) is 7.81. The van der Waals surface area contributed by atoms with Crippen LogP contribution in [-0.4, -0.2) is 39.3 Å². The van der Waals surface area contributed by atoms with Crippen LogP contribution in [0.3, 0.4) is 0 Å². The van der Waals surface area contributed by atoms with Gasteiger partial charge in [-0.25, -0.2) is 0 Å². The van der Waals surface area contributed by atoms with Crippen molar-refractivity contribution in [1.29, 1.82) is 0 Å². The molecule has 3 aliphatic rings. The van der Waals surface area contributed by atoms with Crippen molar-refractivity contribution >= 4 is 23.2 Å². The largest absolute Gasteiger partial charge is 0.508 e. The van der Waals surface area contributed by atoms with Crippen LogP contribution in [0.1, 0.15) is 29.4 Å². The van der Waals surface area contributed by atoms with Gasteiger partial charge >= 0.3 is 0 Å². The minimum Gasteiger partial charge on any atom is -0.508 e. The van der Waals surface area contributed by atoms with Gasteiger partial charge in [0.1, 0.15) is 11.5 Å². The number of benzene rings is 2. The van der Waals surface area contributed by atoms with Crippen LogP contribution in [0.25, 0.3) is 0 Å². The number of rotatable bonds is 6. The van der Waals surface area contributed by atoms with E-state index in [2.05, 4.69) is 0 Å². The molecule has 0 radical (unpaired) electrons. The van der Waals surface area contributed by atoms with Gasteiger partial charge in [-0.15, -0.1) is 11.3 Å². The molecule has 8 heteroatoms. The van der Waals surface area contributed by atoms with Crippen molar-refractivity contribution in [2.75, 3.05) is 6.61 Å². The number of carbonyl (C=O) groups excluding carboxylic acids is 2. The third-order valence-corrected chi connectivity index (χ3v) is 8.67. The van der Waals surface area contributed by atoms with Gasteiger partial charge in [-0.1, -0.05) is 36.4 Å². The Morgan fingerprint density at radius 2 is 1.78 bits per heavy atom. The smallest absolute Gasteiger partial charge is 0.233 e. The second-order valence-corrected chi connectivity index (χ2v) is 10.9. The summed E-state index contributed by atoms with van der Waals surface area (Å²) < 4.78 is 12.3. The van der Waals surface area contributed by atoms with Gasteiger partial charge in [-0.05, 0) is 54.1 Å². The van der Waals surface area contributed by atoms with Crippen molar-refractivity contribution in [3.8, 4) is 11.5 Å². The minimum atomic E-state index is -1.62. The predicted molar refractivity (Wildman–Crippen MR) is 132 cm³/mol. The monoisotopic (exact) mass is 505 g/mol. The maximum Gasteiger partial charge on any atom is 0.233 e. The lowest BCUT2D eigenvalue weighted by Gasteiger charge is -2.44. The molecular formula is C28H27NO6S. The number of thiophene rings is 1. The summed E-state index contributed by atoms with van der Waals surface area (Å²) in [4.78, 5) is 29.4. The van der Waals surface area contributed by atoms with Crippen molar-refractivity contribution in [1.82, 2.24) is 4.90 Å². The van der Waals surface area contributed by atoms with E-state index in [0.29, 0.717) is 18.6 Å². The van der Waals surface area contributed by atoms with Crippen molar-refractivity contribution in [3.05, 3.63) is 82.6 Å². The normalized spacial score (nSPS) is 31.4. The average Bonchev–Trinajstić information content (AvgIpc) is 3.58. The van der Waals surface area contributed by atoms with Crippen LogP contribution in [0.4, 0.5) is 0 Å². The molecule has 2 N–H and O–H groups in total. The van der Waals surface area contributed by atoms with Gasteiger partial charge in [0, 0.05) is 16.7 Å². The zero-order valence-electron chi connectivity index (χ0n) is 19.5. The quantitative estimate of drug-likeness (QED) is 0.490. The van der Waals surface area contributed by atoms with E-state index in [9.17, 15) is 19.8 Å². The highest BCUT2D eigenvalue weighted by Crippen LogP contribution is 2.58. The first-order valence-electron chi connectivity index (χ1n) is 12.2. The van der Waals surface area contributed by atoms with Crippen LogP contribution in [0, 0.1) is 23.7 Å². The molecule has 186 valence electrons. The molecule has 0 bridgehead atoms. The molecule has 3 aromatic rings. The molecule has 3 heterocycles. The number of likely N-dealkylation sites (tertiary alicyclic amines) is 1. The van der Waals surface area contributed by atoms with Crippen LogP contribution < -0.4 is 4.74 Å². The molecule has 7 nitrogen and oxygen atoms in total. The molecule has 2 aromatic carbocycles. The van der Waals surface area contributed by atoms with E-state index in [1.54, 1.807) is 24.3 Å². The van der Waals surface area contributed by atoms with Crippen molar-refractivity contribution in [2.24, 2.45) is 23.7 Å². The Morgan fingerprint density at radius 1 is 1.00 bits per heavy atom. The van der Waals surface area contributed by atoms with Crippen LogP contribution in [0.15, 0.2) is 72.1 Å². The first-order chi connectivity index (χ1) is 17.4. The number of aliphatic hydroxyl groups is 1. The number of phenolic OH excluding ortho intramolecular Hbond substituents is 1. The fourth-order valence-corrected chi connectivity index (χ4v) is 6.76. The summed E-state index contributed by atoms with van der Waals surface area (Å²) in [5, 5.41) is 23.6. The molecular weight excluding hydrogens is 478 g/mol. The number of amides is 2. The SMILES string of the molecule is O=C1[C@H]2[C@H](C[C@H](COc3ccccc3)[C@@]3(O)O[C@H](c4ccc(O)cc4)C[C@@H]23)C(=O)N1Cc1cccs1. The van der Waals surface area contributed by atoms with Crippen molar-refractivity contribution in [2.45, 2.75) is 31.3 Å². The number of carbonyl (C=O) groups is 2. The van der Waals surface area contributed by atoms with Gasteiger partial charge in [0.05, 0.1) is 31.1 Å². The lowest BCUT2D eigenvalue weighted by Crippen LogP contribution is -2.55. The van der Waals surface area contributed by atoms with E-state index in [0.717, 1.165) is 10.4 Å². The van der Waals surface area contributed by atoms with Crippen molar-refractivity contribution < 1.29 is 29.3 Å². The molecule has 1 aliphatic carbocycles. The summed E-state index contributed by atoms with van der Waals surface area (Å²) in [5.41, 5.74) is 0.808. The van der Waals surface area contributed by atoms with Gasteiger partial charge in [0.15, 0.2) is 5.79 Å². The average molecular weight is 506 g/mol. The van der Waals surface area contributed by atoms with E-state index < -0.39 is 35.6 Å². The Bertz CT molecular complexity index is 1250. The third kappa shape index (κ3) is 3.89. The zero-order valence-corrected chi connectivity index (χ0v) is 20.3. The first-order valence-corrected chi connectivity index (χ1v) is 13.1. The number of aromatic hydroxyl groups is 1. The highest BCUT2D eigenvalue weighted by molar-refractivity contribution is 7.09. The Labute approximate surface area is 212 Å². The Balaban J connectivity index is 1.32. The summed E-state index contributed by atoms with van der Waals surface area (Å²) in [6.45, 7) is 0.413. The molecule has 1 saturated carbocycles. The van der Waals surface area contributed by atoms with Gasteiger partial charge < -0.3 is 19.7 Å². The van der Waals surface area contributed by atoms with Crippen LogP contribution >= 0.6 is 11.3 Å². The maximum atomic E-state index is 13.6. The first kappa shape index (κ1) is 23.2. The summed E-state index contributed by atoms with van der Waals surface area (Å²) in [7, 11) is 0. The Morgan fingerprint density at radius 3 is 2.50 bits per heavy atom. The van der Waals surface area contributed by atoms with E-state index in [1.165, 1.54) is 16.2 Å². The van der Waals surface area contributed by atoms with Crippen LogP contribution in [0.2, 0.25) is 0 Å². The summed E-state index contributed by atoms with van der Waals surface area (Å²) in [6, 6.07) is 19.8. The molecule has 2 aliphatic heterocycles. The fourth-order valence-electron chi connectivity index (χ4n) is 6.06. The molecule has 36 heavy (non-hydrogen) atoms. The molecule has 0 unspecified atom stereocenters. The van der Waals surface area contributed by atoms with Crippen LogP contribution in [-0.2, 0) is 20.9 Å². The molecule has 2 amide bonds. The lowest BCUT2D eigenvalue weighted by atomic mass is 9.64. The topological polar surface area (TPSA) is 96.3 Å². The number of para-hydroxylation sites is 1. The van der Waals surface area contributed by atoms with Crippen LogP contribution in [0.5, 0.6) is 11.5 Å². The Hall–Kier alpha value is -3.20. The number of ether oxygens (including phenoxy) is 2. The highest BCUT2D eigenvalue weighted by atomic mass is 32.1. The highest BCUT2D eigenvalue weighted by Gasteiger charge is 2.66. The Kier molecular flexibility index (Phi) is 5.82. The van der Waals surface area contributed by atoms with E-state index in [-0.39, 0.29) is 30.7 Å². The molecule has 6 rings (SSSR count). The van der Waals surface area contributed by atoms with E-state index in [1.807, 2.05) is 47.8 Å². The second kappa shape index (κ2) is 9.03. The van der Waals surface area contributed by atoms with Gasteiger partial charge in [0.25, 0.3) is 0 Å². The summed E-state index contributed by atoms with van der Waals surface area (Å²) >= 11 is 1.51. The predicted octanol–water partition coefficient (Wildman–Crippen LogP) is 4.12. The maximum absolute atomic E-state index is 13.6. The van der Waals surface area contributed by atoms with Gasteiger partial charge in [0.2, 0.25) is 11.8 Å². The van der Waals surface area contributed by atoms with Gasteiger partial charge in [-0.2, -0.15) is 0 Å². The number of fused-ring (bicyclic) bond motifs is 3. The fraction of sp³-hybridized carbons (Fsp3) is 0.357. The van der Waals surface area contributed by atoms with E-state index in [4.69, 9.17) is 9.47 Å². The number of nitrogens with zero attached hydrogens (tertiary/aromatic N) is 1. The van der Waals surface area contributed by atoms with Crippen molar-refractivity contribution in [3.63, 3.8) is 0 Å².